The number of nitrogens with zero attached hydrogens (tertiary/aromatic N) is 1. The molecule has 1 aromatic carbocycles. The third-order valence-corrected chi connectivity index (χ3v) is 4.26. The first-order valence-electron chi connectivity index (χ1n) is 8.29. The smallest absolute Gasteiger partial charge is 0.202 e. The summed E-state index contributed by atoms with van der Waals surface area (Å²) in [5.41, 5.74) is 3.23. The van der Waals surface area contributed by atoms with Gasteiger partial charge in [-0.05, 0) is 58.0 Å². The first-order valence-corrected chi connectivity index (χ1v) is 8.29. The fraction of sp³-hybridized carbons (Fsp3) is 0.400. The van der Waals surface area contributed by atoms with Gasteiger partial charge in [0.1, 0.15) is 5.75 Å². The Morgan fingerprint density at radius 3 is 2.36 bits per heavy atom. The maximum Gasteiger partial charge on any atom is 0.202 e. The molecule has 1 atom stereocenters. The van der Waals surface area contributed by atoms with Crippen LogP contribution in [-0.4, -0.2) is 36.5 Å². The van der Waals surface area contributed by atoms with Crippen molar-refractivity contribution in [2.24, 2.45) is 0 Å². The second-order valence-corrected chi connectivity index (χ2v) is 6.25. The van der Waals surface area contributed by atoms with Crippen LogP contribution in [0.4, 0.5) is 0 Å². The van der Waals surface area contributed by atoms with E-state index in [1.54, 1.807) is 31.4 Å². The summed E-state index contributed by atoms with van der Waals surface area (Å²) in [4.78, 5) is 23.8. The Balaban J connectivity index is 2.08. The molecule has 0 aliphatic carbocycles. The number of aryl methyl sites for hydroxylation is 1. The molecule has 25 heavy (non-hydrogen) atoms. The van der Waals surface area contributed by atoms with Gasteiger partial charge >= 0.3 is 0 Å². The maximum atomic E-state index is 12.5. The second kappa shape index (κ2) is 8.12. The maximum absolute atomic E-state index is 12.5. The van der Waals surface area contributed by atoms with Gasteiger partial charge in [-0.25, -0.2) is 0 Å². The summed E-state index contributed by atoms with van der Waals surface area (Å²) < 4.78 is 12.9. The van der Waals surface area contributed by atoms with Crippen molar-refractivity contribution in [1.82, 2.24) is 4.57 Å². The van der Waals surface area contributed by atoms with E-state index in [9.17, 15) is 9.59 Å². The average Bonchev–Trinajstić information content (AvgIpc) is 2.88. The average molecular weight is 343 g/mol. The summed E-state index contributed by atoms with van der Waals surface area (Å²) >= 11 is 0. The van der Waals surface area contributed by atoms with E-state index in [0.717, 1.165) is 11.4 Å². The molecule has 1 heterocycles. The summed E-state index contributed by atoms with van der Waals surface area (Å²) in [6.07, 6.45) is 0. The lowest BCUT2D eigenvalue weighted by molar-refractivity contribution is 0.0919. The lowest BCUT2D eigenvalue weighted by atomic mass is 10.1. The monoisotopic (exact) mass is 343 g/mol. The molecule has 5 nitrogen and oxygen atoms in total. The number of benzene rings is 1. The zero-order valence-electron chi connectivity index (χ0n) is 15.5. The Labute approximate surface area is 148 Å². The molecule has 0 saturated carbocycles. The minimum Gasteiger partial charge on any atom is -0.485 e. The van der Waals surface area contributed by atoms with Gasteiger partial charge in [-0.15, -0.1) is 0 Å². The Bertz CT molecular complexity index is 759. The van der Waals surface area contributed by atoms with Crippen LogP contribution in [0, 0.1) is 13.8 Å². The Hall–Kier alpha value is -2.40. The van der Waals surface area contributed by atoms with E-state index >= 15 is 0 Å². The summed E-state index contributed by atoms with van der Waals surface area (Å²) in [7, 11) is 1.67. The van der Waals surface area contributed by atoms with Crippen molar-refractivity contribution in [3.8, 4) is 5.75 Å². The number of carbonyl (C=O) groups excluding carboxylic acids is 2. The van der Waals surface area contributed by atoms with Gasteiger partial charge in [0, 0.05) is 29.6 Å². The van der Waals surface area contributed by atoms with Gasteiger partial charge in [-0.2, -0.15) is 0 Å². The number of hydrogen-bond donors (Lipinski definition) is 0. The highest BCUT2D eigenvalue weighted by atomic mass is 16.5. The Kier molecular flexibility index (Phi) is 6.15. The molecule has 0 aliphatic heterocycles. The summed E-state index contributed by atoms with van der Waals surface area (Å²) in [6.45, 7) is 8.04. The predicted octanol–water partition coefficient (Wildman–Crippen LogP) is 3.78. The molecule has 0 aliphatic rings. The second-order valence-electron chi connectivity index (χ2n) is 6.25. The lowest BCUT2D eigenvalue weighted by Crippen LogP contribution is -2.16. The molecule has 0 spiro atoms. The van der Waals surface area contributed by atoms with Gasteiger partial charge in [-0.1, -0.05) is 0 Å². The molecule has 0 amide bonds. The third-order valence-electron chi connectivity index (χ3n) is 4.26. The first kappa shape index (κ1) is 18.9. The van der Waals surface area contributed by atoms with Crippen LogP contribution < -0.4 is 4.74 Å². The summed E-state index contributed by atoms with van der Waals surface area (Å²) in [6, 6.07) is 8.85. The molecule has 5 heteroatoms. The van der Waals surface area contributed by atoms with Crippen molar-refractivity contribution in [3.05, 3.63) is 52.8 Å². The van der Waals surface area contributed by atoms with E-state index in [0.29, 0.717) is 23.5 Å². The molecule has 1 unspecified atom stereocenters. The fourth-order valence-electron chi connectivity index (χ4n) is 3.07. The van der Waals surface area contributed by atoms with Crippen molar-refractivity contribution < 1.29 is 19.1 Å². The molecule has 0 bridgehead atoms. The molecule has 0 N–H and O–H groups in total. The van der Waals surface area contributed by atoms with Gasteiger partial charge < -0.3 is 14.0 Å². The van der Waals surface area contributed by atoms with Crippen molar-refractivity contribution in [3.63, 3.8) is 0 Å². The van der Waals surface area contributed by atoms with Crippen LogP contribution in [0.5, 0.6) is 5.75 Å². The largest absolute Gasteiger partial charge is 0.485 e. The highest BCUT2D eigenvalue weighted by molar-refractivity contribution is 5.98. The normalized spacial score (nSPS) is 12.0. The number of carbonyl (C=O) groups is 2. The van der Waals surface area contributed by atoms with Crippen LogP contribution in [0.15, 0.2) is 30.3 Å². The molecular formula is C20H25NO4. The quantitative estimate of drug-likeness (QED) is 0.685. The van der Waals surface area contributed by atoms with Gasteiger partial charge in [0.2, 0.25) is 5.78 Å². The van der Waals surface area contributed by atoms with Crippen molar-refractivity contribution in [2.45, 2.75) is 33.7 Å². The van der Waals surface area contributed by atoms with E-state index in [4.69, 9.17) is 9.47 Å². The van der Waals surface area contributed by atoms with Gasteiger partial charge in [0.15, 0.2) is 12.4 Å². The van der Waals surface area contributed by atoms with E-state index in [2.05, 4.69) is 11.5 Å². The number of Topliss-reactive ketones (excluding diaryl/α,β-unsaturated/α-hetero) is 2. The molecule has 2 rings (SSSR count). The standard InChI is InChI=1S/C20H25NO4/c1-13-10-19(15(3)21(13)14(2)11-24-5)20(23)12-25-18-8-6-17(7-9-18)16(4)22/h6-10,14H,11-12H2,1-5H3. The SMILES string of the molecule is COCC(C)n1c(C)cc(C(=O)COc2ccc(C(C)=O)cc2)c1C. The number of ketones is 2. The molecular weight excluding hydrogens is 318 g/mol. The number of hydrogen-bond acceptors (Lipinski definition) is 4. The summed E-state index contributed by atoms with van der Waals surface area (Å²) in [5, 5.41) is 0. The molecule has 134 valence electrons. The molecule has 0 fully saturated rings. The minimum absolute atomic E-state index is 0.000227. The third kappa shape index (κ3) is 4.37. The van der Waals surface area contributed by atoms with Crippen LogP contribution in [0.25, 0.3) is 0 Å². The van der Waals surface area contributed by atoms with E-state index in [1.807, 2.05) is 19.9 Å². The molecule has 0 radical (unpaired) electrons. The van der Waals surface area contributed by atoms with Crippen LogP contribution in [0.3, 0.4) is 0 Å². The number of aromatic nitrogens is 1. The Morgan fingerprint density at radius 1 is 1.16 bits per heavy atom. The lowest BCUT2D eigenvalue weighted by Gasteiger charge is -2.17. The predicted molar refractivity (Wildman–Crippen MR) is 96.8 cm³/mol. The van der Waals surface area contributed by atoms with E-state index in [1.165, 1.54) is 6.92 Å². The number of rotatable bonds is 8. The van der Waals surface area contributed by atoms with Crippen LogP contribution in [0.2, 0.25) is 0 Å². The van der Waals surface area contributed by atoms with Crippen LogP contribution >= 0.6 is 0 Å². The van der Waals surface area contributed by atoms with Crippen LogP contribution in [0.1, 0.15) is 52.0 Å². The fourth-order valence-corrected chi connectivity index (χ4v) is 3.07. The number of methoxy groups -OCH3 is 1. The Morgan fingerprint density at radius 2 is 1.80 bits per heavy atom. The van der Waals surface area contributed by atoms with Gasteiger partial charge in [0.05, 0.1) is 12.6 Å². The van der Waals surface area contributed by atoms with E-state index in [-0.39, 0.29) is 24.2 Å². The van der Waals surface area contributed by atoms with Gasteiger partial charge in [0.25, 0.3) is 0 Å². The molecule has 0 saturated heterocycles. The zero-order chi connectivity index (χ0) is 18.6. The highest BCUT2D eigenvalue weighted by Crippen LogP contribution is 2.21. The topological polar surface area (TPSA) is 57.5 Å². The zero-order valence-corrected chi connectivity index (χ0v) is 15.5. The van der Waals surface area contributed by atoms with Crippen LogP contribution in [-0.2, 0) is 4.74 Å². The van der Waals surface area contributed by atoms with Gasteiger partial charge in [-0.3, -0.25) is 9.59 Å². The summed E-state index contributed by atoms with van der Waals surface area (Å²) in [5.74, 6) is 0.500. The van der Waals surface area contributed by atoms with E-state index < -0.39 is 0 Å². The van der Waals surface area contributed by atoms with Crippen molar-refractivity contribution in [1.29, 1.82) is 0 Å². The highest BCUT2D eigenvalue weighted by Gasteiger charge is 2.19. The molecule has 1 aromatic heterocycles. The van der Waals surface area contributed by atoms with Crippen molar-refractivity contribution in [2.75, 3.05) is 20.3 Å². The molecule has 2 aromatic rings. The first-order chi connectivity index (χ1) is 11.8. The number of ether oxygens (including phenoxy) is 2. The van der Waals surface area contributed by atoms with Crippen molar-refractivity contribution >= 4 is 11.6 Å². The minimum atomic E-state index is -0.0698.